The summed E-state index contributed by atoms with van der Waals surface area (Å²) >= 11 is 4.47. The quantitative estimate of drug-likeness (QED) is 0.606. The van der Waals surface area contributed by atoms with Crippen molar-refractivity contribution in [3.8, 4) is 0 Å². The van der Waals surface area contributed by atoms with E-state index in [1.165, 1.54) is 17.8 Å². The maximum absolute atomic E-state index is 14.4. The number of hydrogen-bond acceptors (Lipinski definition) is 4. The van der Waals surface area contributed by atoms with Crippen molar-refractivity contribution in [2.45, 2.75) is 57.4 Å². The van der Waals surface area contributed by atoms with Crippen molar-refractivity contribution in [2.24, 2.45) is 4.99 Å². The molecule has 25 heavy (non-hydrogen) atoms. The van der Waals surface area contributed by atoms with Crippen LogP contribution in [0.15, 0.2) is 21.6 Å². The Hall–Kier alpha value is -1.15. The Balaban J connectivity index is 2.34. The number of aliphatic imine (C=N–C) groups is 1. The highest BCUT2D eigenvalue weighted by Crippen LogP contribution is 2.41. The van der Waals surface area contributed by atoms with Crippen LogP contribution < -0.4 is 5.32 Å². The Morgan fingerprint density at radius 2 is 2.04 bits per heavy atom. The van der Waals surface area contributed by atoms with Crippen molar-refractivity contribution in [3.05, 3.63) is 33.8 Å². The molecule has 1 amide bonds. The van der Waals surface area contributed by atoms with Crippen molar-refractivity contribution < 1.29 is 18.3 Å². The van der Waals surface area contributed by atoms with E-state index in [0.29, 0.717) is 11.6 Å². The van der Waals surface area contributed by atoms with E-state index in [2.05, 4.69) is 26.2 Å². The second-order valence-electron chi connectivity index (χ2n) is 7.20. The van der Waals surface area contributed by atoms with E-state index in [4.69, 9.17) is 4.74 Å². The lowest BCUT2D eigenvalue weighted by Crippen LogP contribution is -2.40. The van der Waals surface area contributed by atoms with Gasteiger partial charge in [0.05, 0.1) is 10.0 Å². The maximum atomic E-state index is 14.4. The lowest BCUT2D eigenvalue weighted by Gasteiger charge is -2.34. The number of nitrogens with zero attached hydrogens (tertiary/aromatic N) is 1. The Bertz CT molecular complexity index is 721. The van der Waals surface area contributed by atoms with Gasteiger partial charge in [0.25, 0.3) is 0 Å². The van der Waals surface area contributed by atoms with E-state index >= 15 is 0 Å². The van der Waals surface area contributed by atoms with Crippen molar-refractivity contribution in [2.75, 3.05) is 0 Å². The summed E-state index contributed by atoms with van der Waals surface area (Å²) in [6, 6.07) is 2.25. The van der Waals surface area contributed by atoms with E-state index < -0.39 is 28.9 Å². The number of amidine groups is 1. The molecule has 0 saturated carbocycles. The van der Waals surface area contributed by atoms with Crippen LogP contribution in [-0.2, 0) is 10.3 Å². The number of carbonyl (C=O) groups is 1. The number of ether oxygens (including phenoxy) is 1. The van der Waals surface area contributed by atoms with Crippen LogP contribution >= 0.6 is 27.7 Å². The molecule has 8 heteroatoms. The largest absolute Gasteiger partial charge is 0.444 e. The predicted octanol–water partition coefficient (Wildman–Crippen LogP) is 5.35. The molecule has 0 unspecified atom stereocenters. The molecule has 0 saturated heterocycles. The molecule has 1 aromatic carbocycles. The van der Waals surface area contributed by atoms with Gasteiger partial charge in [0, 0.05) is 16.9 Å². The van der Waals surface area contributed by atoms with Gasteiger partial charge in [0.2, 0.25) is 0 Å². The molecule has 0 spiro atoms. The third kappa shape index (κ3) is 5.17. The van der Waals surface area contributed by atoms with Gasteiger partial charge in [-0.2, -0.15) is 0 Å². The fourth-order valence-electron chi connectivity index (χ4n) is 2.64. The number of alkyl carbamates (subject to hydrolysis) is 1. The van der Waals surface area contributed by atoms with Gasteiger partial charge in [-0.25, -0.2) is 13.6 Å². The number of rotatable bonds is 1. The zero-order valence-electron chi connectivity index (χ0n) is 14.7. The molecule has 0 fully saturated rings. The molecule has 0 radical (unpaired) electrons. The highest BCUT2D eigenvalue weighted by molar-refractivity contribution is 9.10. The molecule has 1 aliphatic rings. The molecule has 1 aromatic rings. The van der Waals surface area contributed by atoms with Crippen molar-refractivity contribution in [1.82, 2.24) is 5.32 Å². The first-order valence-electron chi connectivity index (χ1n) is 7.81. The fraction of sp³-hybridized carbons (Fsp3) is 0.529. The number of hydrogen-bond donors (Lipinski definition) is 1. The lowest BCUT2D eigenvalue weighted by molar-refractivity contribution is 0.0564. The number of thioether (sulfide) groups is 1. The average Bonchev–Trinajstić information content (AvgIpc) is 2.39. The van der Waals surface area contributed by atoms with Crippen molar-refractivity contribution >= 4 is 39.0 Å². The highest BCUT2D eigenvalue weighted by atomic mass is 79.9. The molecule has 2 rings (SSSR count). The molecule has 0 aromatic heterocycles. The zero-order valence-corrected chi connectivity index (χ0v) is 17.1. The minimum absolute atomic E-state index is 0.0793. The van der Waals surface area contributed by atoms with Gasteiger partial charge in [-0.05, 0) is 56.1 Å². The van der Waals surface area contributed by atoms with E-state index in [0.717, 1.165) is 6.07 Å². The summed E-state index contributed by atoms with van der Waals surface area (Å²) in [5, 5.41) is 3.06. The van der Waals surface area contributed by atoms with Gasteiger partial charge >= 0.3 is 6.09 Å². The highest BCUT2D eigenvalue weighted by Gasteiger charge is 2.37. The molecular formula is C17H21BrF2N2O2S. The van der Waals surface area contributed by atoms with Gasteiger partial charge in [-0.15, -0.1) is 0 Å². The van der Waals surface area contributed by atoms with Gasteiger partial charge in [-0.3, -0.25) is 10.3 Å². The minimum Gasteiger partial charge on any atom is -0.444 e. The summed E-state index contributed by atoms with van der Waals surface area (Å²) in [4.78, 5) is 16.5. The summed E-state index contributed by atoms with van der Waals surface area (Å²) in [5.41, 5.74) is -1.28. The van der Waals surface area contributed by atoms with Crippen LogP contribution in [0.25, 0.3) is 0 Å². The normalized spacial score (nSPS) is 23.8. The summed E-state index contributed by atoms with van der Waals surface area (Å²) in [5.74, 6) is -1.33. The summed E-state index contributed by atoms with van der Waals surface area (Å²) in [6.07, 6.45) is -0.0671. The Kier molecular flexibility index (Phi) is 5.83. The molecule has 1 heterocycles. The third-order valence-electron chi connectivity index (χ3n) is 3.54. The third-order valence-corrected chi connectivity index (χ3v) is 5.14. The first kappa shape index (κ1) is 20.2. The van der Waals surface area contributed by atoms with E-state index in [1.54, 1.807) is 27.7 Å². The van der Waals surface area contributed by atoms with Gasteiger partial charge in [0.15, 0.2) is 5.17 Å². The number of halogens is 3. The molecule has 2 atom stereocenters. The predicted molar refractivity (Wildman–Crippen MR) is 99.9 cm³/mol. The second kappa shape index (κ2) is 7.23. The van der Waals surface area contributed by atoms with Crippen molar-refractivity contribution in [3.63, 3.8) is 0 Å². The van der Waals surface area contributed by atoms with Crippen LogP contribution in [0.3, 0.4) is 0 Å². The van der Waals surface area contributed by atoms with E-state index in [-0.39, 0.29) is 15.3 Å². The Morgan fingerprint density at radius 1 is 1.40 bits per heavy atom. The number of amides is 1. The molecule has 4 nitrogen and oxygen atoms in total. The van der Waals surface area contributed by atoms with Gasteiger partial charge in [-0.1, -0.05) is 18.7 Å². The molecule has 0 aliphatic carbocycles. The standard InChI is InChI=1S/C17H21BrF2N2O2S/c1-9-8-17(5,10-6-11(18)13(20)7-12(10)19)22-14(25-9)21-15(23)24-16(2,3)4/h6-7,9H,8H2,1-5H3,(H,21,22,23)/t9-,17+/m1/s1. The first-order chi connectivity index (χ1) is 11.4. The minimum atomic E-state index is -0.921. The van der Waals surface area contributed by atoms with Gasteiger partial charge in [0.1, 0.15) is 17.2 Å². The molecule has 138 valence electrons. The summed E-state index contributed by atoms with van der Waals surface area (Å²) < 4.78 is 33.3. The SMILES string of the molecule is C[C@@H]1C[C@@](C)(c2cc(Br)c(F)cc2F)N=C(NC(=O)OC(C)(C)C)S1. The average molecular weight is 435 g/mol. The number of benzene rings is 1. The van der Waals surface area contributed by atoms with Crippen LogP contribution in [-0.4, -0.2) is 22.1 Å². The lowest BCUT2D eigenvalue weighted by atomic mass is 9.87. The monoisotopic (exact) mass is 434 g/mol. The smallest absolute Gasteiger partial charge is 0.413 e. The topological polar surface area (TPSA) is 50.7 Å². The first-order valence-corrected chi connectivity index (χ1v) is 9.48. The van der Waals surface area contributed by atoms with E-state index in [1.807, 2.05) is 6.92 Å². The number of carbonyl (C=O) groups excluding carboxylic acids is 1. The molecule has 1 N–H and O–H groups in total. The zero-order chi connectivity index (χ0) is 19.0. The van der Waals surface area contributed by atoms with Crippen LogP contribution in [0, 0.1) is 11.6 Å². The summed E-state index contributed by atoms with van der Waals surface area (Å²) in [7, 11) is 0. The van der Waals surface area contributed by atoms with Gasteiger partial charge < -0.3 is 4.74 Å². The van der Waals surface area contributed by atoms with Crippen LogP contribution in [0.5, 0.6) is 0 Å². The summed E-state index contributed by atoms with van der Waals surface area (Å²) in [6.45, 7) is 9.02. The van der Waals surface area contributed by atoms with Crippen molar-refractivity contribution in [1.29, 1.82) is 0 Å². The second-order valence-corrected chi connectivity index (χ2v) is 9.48. The van der Waals surface area contributed by atoms with Crippen LogP contribution in [0.4, 0.5) is 13.6 Å². The van der Waals surface area contributed by atoms with Crippen LogP contribution in [0.1, 0.15) is 46.6 Å². The molecular weight excluding hydrogens is 414 g/mol. The Morgan fingerprint density at radius 3 is 2.64 bits per heavy atom. The van der Waals surface area contributed by atoms with E-state index in [9.17, 15) is 13.6 Å². The molecule has 1 aliphatic heterocycles. The van der Waals surface area contributed by atoms with Crippen LogP contribution in [0.2, 0.25) is 0 Å². The Labute approximate surface area is 158 Å². The fourth-order valence-corrected chi connectivity index (χ4v) is 4.17. The maximum Gasteiger partial charge on any atom is 0.413 e. The number of nitrogens with one attached hydrogen (secondary N) is 1. The molecule has 0 bridgehead atoms.